The molecule has 3 heterocycles. The molecule has 0 radical (unpaired) electrons. The smallest absolute Gasteiger partial charge is 0.230 e. The van der Waals surface area contributed by atoms with Gasteiger partial charge in [0, 0.05) is 36.6 Å². The lowest BCUT2D eigenvalue weighted by Gasteiger charge is -2.09. The van der Waals surface area contributed by atoms with Crippen LogP contribution in [0.15, 0.2) is 47.5 Å². The second-order valence-electron chi connectivity index (χ2n) is 4.39. The molecule has 0 amide bonds. The van der Waals surface area contributed by atoms with Gasteiger partial charge < -0.3 is 4.74 Å². The predicted molar refractivity (Wildman–Crippen MR) is 85.7 cm³/mol. The molecular weight excluding hydrogens is 354 g/mol. The SMILES string of the molecule is Clc1ccnc2c(Br)c(OCCc3ccncc3)ncc12. The van der Waals surface area contributed by atoms with Crippen molar-refractivity contribution in [1.82, 2.24) is 15.0 Å². The molecule has 0 saturated heterocycles. The van der Waals surface area contributed by atoms with Gasteiger partial charge in [0.2, 0.25) is 5.88 Å². The maximum Gasteiger partial charge on any atom is 0.230 e. The van der Waals surface area contributed by atoms with Crippen LogP contribution >= 0.6 is 27.5 Å². The summed E-state index contributed by atoms with van der Waals surface area (Å²) < 4.78 is 6.45. The molecule has 0 N–H and O–H groups in total. The van der Waals surface area contributed by atoms with Crippen LogP contribution in [0, 0.1) is 0 Å². The molecule has 0 unspecified atom stereocenters. The van der Waals surface area contributed by atoms with Crippen molar-refractivity contribution >= 4 is 38.4 Å². The van der Waals surface area contributed by atoms with Crippen LogP contribution in [0.1, 0.15) is 5.56 Å². The number of rotatable bonds is 4. The van der Waals surface area contributed by atoms with Crippen LogP contribution in [-0.4, -0.2) is 21.6 Å². The molecule has 21 heavy (non-hydrogen) atoms. The van der Waals surface area contributed by atoms with Gasteiger partial charge in [0.05, 0.1) is 17.1 Å². The van der Waals surface area contributed by atoms with E-state index in [2.05, 4.69) is 30.9 Å². The Morgan fingerprint density at radius 1 is 1.10 bits per heavy atom. The molecule has 3 rings (SSSR count). The number of halogens is 2. The summed E-state index contributed by atoms with van der Waals surface area (Å²) in [5.41, 5.74) is 1.92. The largest absolute Gasteiger partial charge is 0.476 e. The van der Waals surface area contributed by atoms with Gasteiger partial charge >= 0.3 is 0 Å². The molecule has 0 saturated carbocycles. The standard InChI is InChI=1S/C15H11BrClN3O/c16-13-14-11(12(17)3-7-19-14)9-20-15(13)21-8-4-10-1-5-18-6-2-10/h1-3,5-7,9H,4,8H2. The van der Waals surface area contributed by atoms with Crippen LogP contribution in [0.3, 0.4) is 0 Å². The number of hydrogen-bond donors (Lipinski definition) is 0. The number of aromatic nitrogens is 3. The number of hydrogen-bond acceptors (Lipinski definition) is 4. The van der Waals surface area contributed by atoms with Gasteiger partial charge in [0.15, 0.2) is 0 Å². The van der Waals surface area contributed by atoms with Crippen LogP contribution in [0.4, 0.5) is 0 Å². The van der Waals surface area contributed by atoms with E-state index in [1.54, 1.807) is 30.9 Å². The average molecular weight is 365 g/mol. The molecule has 0 aromatic carbocycles. The van der Waals surface area contributed by atoms with Gasteiger partial charge in [0.25, 0.3) is 0 Å². The van der Waals surface area contributed by atoms with Gasteiger partial charge in [-0.15, -0.1) is 0 Å². The summed E-state index contributed by atoms with van der Waals surface area (Å²) in [4.78, 5) is 12.6. The summed E-state index contributed by atoms with van der Waals surface area (Å²) >= 11 is 9.60. The van der Waals surface area contributed by atoms with E-state index < -0.39 is 0 Å². The number of pyridine rings is 3. The molecular formula is C15H11BrClN3O. The summed E-state index contributed by atoms with van der Waals surface area (Å²) in [6.07, 6.45) is 7.67. The van der Waals surface area contributed by atoms with E-state index in [-0.39, 0.29) is 0 Å². The first-order valence-electron chi connectivity index (χ1n) is 6.36. The van der Waals surface area contributed by atoms with Crippen molar-refractivity contribution in [2.75, 3.05) is 6.61 Å². The lowest BCUT2D eigenvalue weighted by atomic mass is 10.2. The quantitative estimate of drug-likeness (QED) is 0.700. The van der Waals surface area contributed by atoms with E-state index in [1.165, 1.54) is 5.56 Å². The fraction of sp³-hybridized carbons (Fsp3) is 0.133. The zero-order valence-corrected chi connectivity index (χ0v) is 13.3. The lowest BCUT2D eigenvalue weighted by molar-refractivity contribution is 0.308. The van der Waals surface area contributed by atoms with Crippen molar-refractivity contribution in [3.05, 3.63) is 58.0 Å². The molecule has 0 aliphatic heterocycles. The average Bonchev–Trinajstić information content (AvgIpc) is 2.51. The molecule has 3 aromatic heterocycles. The third kappa shape index (κ3) is 3.14. The van der Waals surface area contributed by atoms with Crippen LogP contribution < -0.4 is 4.74 Å². The van der Waals surface area contributed by atoms with Gasteiger partial charge in [-0.25, -0.2) is 4.98 Å². The van der Waals surface area contributed by atoms with E-state index in [0.29, 0.717) is 17.5 Å². The van der Waals surface area contributed by atoms with Gasteiger partial charge in [-0.3, -0.25) is 9.97 Å². The Labute approximate surface area is 135 Å². The summed E-state index contributed by atoms with van der Waals surface area (Å²) in [5.74, 6) is 0.520. The fourth-order valence-corrected chi connectivity index (χ4v) is 2.67. The van der Waals surface area contributed by atoms with E-state index in [9.17, 15) is 0 Å². The Balaban J connectivity index is 1.77. The van der Waals surface area contributed by atoms with Crippen LogP contribution in [0.2, 0.25) is 5.02 Å². The van der Waals surface area contributed by atoms with Crippen LogP contribution in [0.25, 0.3) is 10.9 Å². The Kier molecular flexibility index (Phi) is 4.31. The topological polar surface area (TPSA) is 47.9 Å². The van der Waals surface area contributed by atoms with Gasteiger partial charge in [-0.1, -0.05) is 11.6 Å². The van der Waals surface area contributed by atoms with Crippen molar-refractivity contribution in [1.29, 1.82) is 0 Å². The summed E-state index contributed by atoms with van der Waals surface area (Å²) in [7, 11) is 0. The molecule has 0 aliphatic carbocycles. The Morgan fingerprint density at radius 2 is 1.90 bits per heavy atom. The van der Waals surface area contributed by atoms with E-state index >= 15 is 0 Å². The fourth-order valence-electron chi connectivity index (χ4n) is 1.94. The second-order valence-corrected chi connectivity index (χ2v) is 5.59. The first-order chi connectivity index (χ1) is 10.3. The van der Waals surface area contributed by atoms with E-state index in [4.69, 9.17) is 16.3 Å². The maximum atomic E-state index is 6.12. The number of nitrogens with zero attached hydrogens (tertiary/aromatic N) is 3. The lowest BCUT2D eigenvalue weighted by Crippen LogP contribution is -2.03. The van der Waals surface area contributed by atoms with E-state index in [0.717, 1.165) is 21.8 Å². The Bertz CT molecular complexity index is 767. The molecule has 4 nitrogen and oxygen atoms in total. The van der Waals surface area contributed by atoms with E-state index in [1.807, 2.05) is 12.1 Å². The molecule has 3 aromatic rings. The monoisotopic (exact) mass is 363 g/mol. The van der Waals surface area contributed by atoms with Crippen molar-refractivity contribution in [2.45, 2.75) is 6.42 Å². The first-order valence-corrected chi connectivity index (χ1v) is 7.53. The second kappa shape index (κ2) is 6.37. The molecule has 0 atom stereocenters. The molecule has 6 heteroatoms. The Morgan fingerprint density at radius 3 is 2.71 bits per heavy atom. The zero-order valence-electron chi connectivity index (χ0n) is 11.0. The molecule has 0 fully saturated rings. The minimum absolute atomic E-state index is 0.520. The third-order valence-corrected chi connectivity index (χ3v) is 4.07. The minimum atomic E-state index is 0.520. The summed E-state index contributed by atoms with van der Waals surface area (Å²) in [5, 5.41) is 1.42. The Hall–Kier alpha value is -1.72. The highest BCUT2D eigenvalue weighted by atomic mass is 79.9. The molecule has 106 valence electrons. The highest BCUT2D eigenvalue weighted by Crippen LogP contribution is 2.32. The molecule has 0 spiro atoms. The zero-order chi connectivity index (χ0) is 14.7. The van der Waals surface area contributed by atoms with Crippen LogP contribution in [0.5, 0.6) is 5.88 Å². The minimum Gasteiger partial charge on any atom is -0.476 e. The number of fused-ring (bicyclic) bond motifs is 1. The summed E-state index contributed by atoms with van der Waals surface area (Å²) in [6.45, 7) is 0.529. The maximum absolute atomic E-state index is 6.12. The number of ether oxygens (including phenoxy) is 1. The highest BCUT2D eigenvalue weighted by molar-refractivity contribution is 9.10. The normalized spacial score (nSPS) is 10.8. The molecule has 0 aliphatic rings. The van der Waals surface area contributed by atoms with Crippen molar-refractivity contribution < 1.29 is 4.74 Å². The van der Waals surface area contributed by atoms with Gasteiger partial charge in [-0.05, 0) is 39.7 Å². The van der Waals surface area contributed by atoms with Gasteiger partial charge in [0.1, 0.15) is 4.47 Å². The van der Waals surface area contributed by atoms with Gasteiger partial charge in [-0.2, -0.15) is 0 Å². The van der Waals surface area contributed by atoms with Crippen molar-refractivity contribution in [3.63, 3.8) is 0 Å². The predicted octanol–water partition coefficient (Wildman–Crippen LogP) is 4.06. The molecule has 0 bridgehead atoms. The van der Waals surface area contributed by atoms with Crippen molar-refractivity contribution in [3.8, 4) is 5.88 Å². The van der Waals surface area contributed by atoms with Crippen LogP contribution in [-0.2, 0) is 6.42 Å². The van der Waals surface area contributed by atoms with Crippen molar-refractivity contribution in [2.24, 2.45) is 0 Å². The summed E-state index contributed by atoms with van der Waals surface area (Å²) in [6, 6.07) is 5.67. The third-order valence-electron chi connectivity index (χ3n) is 3.02. The highest BCUT2D eigenvalue weighted by Gasteiger charge is 2.11. The first kappa shape index (κ1) is 14.2.